The number of carbonyl (C=O) groups is 3. The Balaban J connectivity index is 1.41. The van der Waals surface area contributed by atoms with Crippen molar-refractivity contribution in [3.63, 3.8) is 0 Å². The first-order valence-electron chi connectivity index (χ1n) is 14.8. The number of carbonyl (C=O) groups excluding carboxylic acids is 3. The van der Waals surface area contributed by atoms with Crippen LogP contribution in [0.15, 0.2) is 23.2 Å². The first kappa shape index (κ1) is 30.2. The summed E-state index contributed by atoms with van der Waals surface area (Å²) in [6.45, 7) is 4.64. The molecule has 2 fully saturated rings. The summed E-state index contributed by atoms with van der Waals surface area (Å²) in [6, 6.07) is 3.90. The number of phenolic OH excluding ortho intramolecular Hbond substituents is 2. The average molecular weight is 609 g/mol. The van der Waals surface area contributed by atoms with Crippen molar-refractivity contribution in [3.05, 3.63) is 51.6 Å². The van der Waals surface area contributed by atoms with Gasteiger partial charge in [0.1, 0.15) is 29.0 Å². The SMILES string of the molecule is COc1cccc2c1C(=O)c1c(O)c3c(c(O)c1C2=O)C[C@@](O)(C(C)=O)C[C@@H]3O[C@H]1C[C@H](N=CN2CCCC2)[C@H](O)[C@H](C)O1. The fourth-order valence-corrected chi connectivity index (χ4v) is 6.78. The van der Waals surface area contributed by atoms with E-state index in [9.17, 15) is 34.8 Å². The summed E-state index contributed by atoms with van der Waals surface area (Å²) in [5.74, 6) is -3.12. The number of hydrogen-bond donors (Lipinski definition) is 4. The van der Waals surface area contributed by atoms with E-state index in [4.69, 9.17) is 14.2 Å². The van der Waals surface area contributed by atoms with Gasteiger partial charge in [-0.3, -0.25) is 19.4 Å². The van der Waals surface area contributed by atoms with E-state index in [0.29, 0.717) is 0 Å². The summed E-state index contributed by atoms with van der Waals surface area (Å²) in [5.41, 5.74) is -2.99. The van der Waals surface area contributed by atoms with Crippen molar-refractivity contribution in [1.29, 1.82) is 0 Å². The third kappa shape index (κ3) is 4.86. The number of ketones is 3. The Bertz CT molecular complexity index is 1560. The van der Waals surface area contributed by atoms with Crippen molar-refractivity contribution in [2.45, 2.75) is 82.2 Å². The van der Waals surface area contributed by atoms with E-state index in [-0.39, 0.29) is 40.8 Å². The van der Waals surface area contributed by atoms with Crippen LogP contribution in [0.2, 0.25) is 0 Å². The van der Waals surface area contributed by atoms with Gasteiger partial charge in [-0.25, -0.2) is 0 Å². The fraction of sp³-hybridized carbons (Fsp3) is 0.500. The average Bonchev–Trinajstić information content (AvgIpc) is 3.52. The molecule has 234 valence electrons. The molecule has 6 atom stereocenters. The maximum Gasteiger partial charge on any atom is 0.202 e. The van der Waals surface area contributed by atoms with E-state index in [2.05, 4.69) is 9.89 Å². The van der Waals surface area contributed by atoms with E-state index in [0.717, 1.165) is 25.9 Å². The van der Waals surface area contributed by atoms with Gasteiger partial charge < -0.3 is 39.5 Å². The molecule has 44 heavy (non-hydrogen) atoms. The summed E-state index contributed by atoms with van der Waals surface area (Å²) in [4.78, 5) is 46.8. The standard InChI is InChI=1S/C32H36N2O10/c1-15-27(36)19(33-14-34-9-4-5-10-34)11-22(43-15)44-21-13-32(41,16(2)35)12-18-24(21)31(40)26-25(29(18)38)28(37)17-7-6-8-20(42-3)23(17)30(26)39/h6-8,14-15,19,21-22,27,36,38,40-41H,4-5,9-13H2,1-3H3/t15-,19-,21-,22-,27+,32-/m0/s1. The van der Waals surface area contributed by atoms with Crippen LogP contribution in [0.5, 0.6) is 17.2 Å². The molecule has 12 heteroatoms. The number of fused-ring (bicyclic) bond motifs is 3. The van der Waals surface area contributed by atoms with Gasteiger partial charge >= 0.3 is 0 Å². The molecule has 0 bridgehead atoms. The smallest absolute Gasteiger partial charge is 0.202 e. The minimum atomic E-state index is -2.01. The first-order chi connectivity index (χ1) is 20.9. The van der Waals surface area contributed by atoms with Gasteiger partial charge in [0.15, 0.2) is 17.9 Å². The molecule has 4 aliphatic rings. The highest BCUT2D eigenvalue weighted by atomic mass is 16.7. The molecular weight excluding hydrogens is 572 g/mol. The normalized spacial score (nSPS) is 29.8. The number of ether oxygens (including phenoxy) is 3. The molecule has 0 saturated carbocycles. The monoisotopic (exact) mass is 608 g/mol. The summed E-state index contributed by atoms with van der Waals surface area (Å²) in [6.07, 6.45) is -0.567. The molecule has 0 aromatic heterocycles. The number of aliphatic imine (C=N–C) groups is 1. The number of benzene rings is 2. The lowest BCUT2D eigenvalue weighted by molar-refractivity contribution is -0.246. The Morgan fingerprint density at radius 3 is 2.50 bits per heavy atom. The van der Waals surface area contributed by atoms with Crippen LogP contribution in [-0.2, 0) is 20.7 Å². The highest BCUT2D eigenvalue weighted by Gasteiger charge is 2.49. The van der Waals surface area contributed by atoms with Crippen LogP contribution in [0.4, 0.5) is 0 Å². The molecule has 2 aromatic rings. The number of aliphatic hydroxyl groups excluding tert-OH is 1. The van der Waals surface area contributed by atoms with Crippen molar-refractivity contribution >= 4 is 23.7 Å². The molecule has 2 aliphatic carbocycles. The lowest BCUT2D eigenvalue weighted by Crippen LogP contribution is -2.49. The third-order valence-electron chi connectivity index (χ3n) is 9.28. The zero-order chi connectivity index (χ0) is 31.5. The van der Waals surface area contributed by atoms with Gasteiger partial charge in [0.05, 0.1) is 48.4 Å². The van der Waals surface area contributed by atoms with Crippen molar-refractivity contribution in [2.24, 2.45) is 4.99 Å². The second kappa shape index (κ2) is 11.3. The Hall–Kier alpha value is -3.84. The second-order valence-corrected chi connectivity index (χ2v) is 12.0. The van der Waals surface area contributed by atoms with Gasteiger partial charge in [0.2, 0.25) is 5.78 Å². The zero-order valence-corrected chi connectivity index (χ0v) is 24.8. The largest absolute Gasteiger partial charge is 0.507 e. The number of nitrogens with zero attached hydrogens (tertiary/aromatic N) is 2. The van der Waals surface area contributed by atoms with Crippen LogP contribution in [0.25, 0.3) is 0 Å². The number of rotatable bonds is 6. The molecule has 12 nitrogen and oxygen atoms in total. The molecule has 2 heterocycles. The number of methoxy groups -OCH3 is 1. The van der Waals surface area contributed by atoms with Gasteiger partial charge in [-0.2, -0.15) is 0 Å². The molecule has 2 saturated heterocycles. The van der Waals surface area contributed by atoms with E-state index in [1.165, 1.54) is 32.2 Å². The minimum Gasteiger partial charge on any atom is -0.507 e. The van der Waals surface area contributed by atoms with Crippen LogP contribution < -0.4 is 4.74 Å². The minimum absolute atomic E-state index is 0.00869. The third-order valence-corrected chi connectivity index (χ3v) is 9.28. The summed E-state index contributed by atoms with van der Waals surface area (Å²) in [5, 5.41) is 45.4. The zero-order valence-electron chi connectivity index (χ0n) is 24.8. The maximum absolute atomic E-state index is 13.8. The van der Waals surface area contributed by atoms with Gasteiger partial charge in [-0.05, 0) is 32.8 Å². The Morgan fingerprint density at radius 1 is 1.11 bits per heavy atom. The highest BCUT2D eigenvalue weighted by molar-refractivity contribution is 6.31. The summed E-state index contributed by atoms with van der Waals surface area (Å²) >= 11 is 0. The highest BCUT2D eigenvalue weighted by Crippen LogP contribution is 2.52. The maximum atomic E-state index is 13.8. The number of phenols is 2. The van der Waals surface area contributed by atoms with Crippen LogP contribution in [0.1, 0.15) is 88.6 Å². The van der Waals surface area contributed by atoms with Gasteiger partial charge in [-0.1, -0.05) is 12.1 Å². The Morgan fingerprint density at radius 2 is 1.82 bits per heavy atom. The fourth-order valence-electron chi connectivity index (χ4n) is 6.78. The Kier molecular flexibility index (Phi) is 7.73. The molecule has 2 aromatic carbocycles. The number of likely N-dealkylation sites (tertiary alicyclic amines) is 1. The van der Waals surface area contributed by atoms with Crippen molar-refractivity contribution in [2.75, 3.05) is 20.2 Å². The van der Waals surface area contributed by atoms with Crippen LogP contribution in [0, 0.1) is 0 Å². The van der Waals surface area contributed by atoms with E-state index >= 15 is 0 Å². The van der Waals surface area contributed by atoms with Crippen molar-refractivity contribution < 1.29 is 49.0 Å². The molecule has 6 rings (SSSR count). The summed E-state index contributed by atoms with van der Waals surface area (Å²) in [7, 11) is 1.35. The molecule has 2 aliphatic heterocycles. The van der Waals surface area contributed by atoms with E-state index < -0.39 is 82.6 Å². The van der Waals surface area contributed by atoms with Crippen molar-refractivity contribution in [3.8, 4) is 17.2 Å². The van der Waals surface area contributed by atoms with Crippen LogP contribution >= 0.6 is 0 Å². The van der Waals surface area contributed by atoms with Gasteiger partial charge in [-0.15, -0.1) is 0 Å². The first-order valence-corrected chi connectivity index (χ1v) is 14.8. The molecule has 0 amide bonds. The predicted molar refractivity (Wildman–Crippen MR) is 155 cm³/mol. The van der Waals surface area contributed by atoms with E-state index in [1.807, 2.05) is 0 Å². The second-order valence-electron chi connectivity index (χ2n) is 12.0. The topological polar surface area (TPSA) is 175 Å². The predicted octanol–water partition coefficient (Wildman–Crippen LogP) is 2.19. The lowest BCUT2D eigenvalue weighted by atomic mass is 9.72. The molecular formula is C32H36N2O10. The van der Waals surface area contributed by atoms with Crippen molar-refractivity contribution in [1.82, 2.24) is 4.90 Å². The molecule has 0 unspecified atom stereocenters. The van der Waals surface area contributed by atoms with E-state index in [1.54, 1.807) is 13.3 Å². The number of aromatic hydroxyl groups is 2. The number of hydrogen-bond acceptors (Lipinski definition) is 11. The Labute approximate surface area is 253 Å². The number of aliphatic hydroxyl groups is 2. The summed E-state index contributed by atoms with van der Waals surface area (Å²) < 4.78 is 17.6. The molecule has 0 spiro atoms. The number of Topliss-reactive ketones (excluding diaryl/α,β-unsaturated/α-hetero) is 1. The molecule has 4 N–H and O–H groups in total. The molecule has 0 radical (unpaired) electrons. The lowest BCUT2D eigenvalue weighted by Gasteiger charge is -2.42. The van der Waals surface area contributed by atoms with Gasteiger partial charge in [0.25, 0.3) is 0 Å². The quantitative estimate of drug-likeness (QED) is 0.183. The van der Waals surface area contributed by atoms with Crippen LogP contribution in [-0.4, -0.2) is 99.4 Å². The van der Waals surface area contributed by atoms with Crippen LogP contribution in [0.3, 0.4) is 0 Å². The van der Waals surface area contributed by atoms with Gasteiger partial charge in [0, 0.05) is 49.0 Å².